The van der Waals surface area contributed by atoms with Crippen LogP contribution in [-0.2, 0) is 0 Å². The van der Waals surface area contributed by atoms with Gasteiger partial charge in [-0.1, -0.05) is 22.9 Å². The minimum atomic E-state index is 0.114. The summed E-state index contributed by atoms with van der Waals surface area (Å²) < 4.78 is 11.5. The number of ether oxygens (including phenoxy) is 2. The summed E-state index contributed by atoms with van der Waals surface area (Å²) >= 11 is 7.33. The first-order valence-electron chi connectivity index (χ1n) is 6.66. The third-order valence-electron chi connectivity index (χ3n) is 3.19. The summed E-state index contributed by atoms with van der Waals surface area (Å²) in [4.78, 5) is 8.74. The van der Waals surface area contributed by atoms with Crippen LogP contribution >= 0.6 is 22.9 Å². The SMILES string of the molecule is COc1cc2nc(/N=C/c3cc(Cl)ccc3O)sc2cc1OC. The minimum absolute atomic E-state index is 0.114. The molecule has 0 aliphatic rings. The van der Waals surface area contributed by atoms with Gasteiger partial charge < -0.3 is 14.6 Å². The van der Waals surface area contributed by atoms with Gasteiger partial charge in [0, 0.05) is 28.9 Å². The van der Waals surface area contributed by atoms with Gasteiger partial charge in [0.05, 0.1) is 24.4 Å². The van der Waals surface area contributed by atoms with E-state index in [0.717, 1.165) is 10.2 Å². The maximum atomic E-state index is 9.79. The van der Waals surface area contributed by atoms with Gasteiger partial charge in [-0.25, -0.2) is 9.98 Å². The smallest absolute Gasteiger partial charge is 0.210 e. The Hall–Kier alpha value is -2.31. The molecule has 1 aromatic heterocycles. The second kappa shape index (κ2) is 6.44. The predicted octanol–water partition coefficient (Wildman–Crippen LogP) is 4.42. The summed E-state index contributed by atoms with van der Waals surface area (Å²) in [5.74, 6) is 1.38. The Morgan fingerprint density at radius 1 is 1.17 bits per heavy atom. The molecule has 0 fully saturated rings. The largest absolute Gasteiger partial charge is 0.507 e. The normalized spacial score (nSPS) is 11.3. The number of fused-ring (bicyclic) bond motifs is 1. The zero-order valence-electron chi connectivity index (χ0n) is 12.4. The Labute approximate surface area is 141 Å². The van der Waals surface area contributed by atoms with Crippen LogP contribution in [0.5, 0.6) is 17.2 Å². The first-order chi connectivity index (χ1) is 11.1. The molecule has 0 spiro atoms. The van der Waals surface area contributed by atoms with Crippen LogP contribution in [0.1, 0.15) is 5.56 Å². The highest BCUT2D eigenvalue weighted by atomic mass is 35.5. The van der Waals surface area contributed by atoms with Crippen LogP contribution < -0.4 is 9.47 Å². The fraction of sp³-hybridized carbons (Fsp3) is 0.125. The molecule has 1 N–H and O–H groups in total. The lowest BCUT2D eigenvalue weighted by Gasteiger charge is -2.05. The van der Waals surface area contributed by atoms with Crippen LogP contribution in [-0.4, -0.2) is 30.5 Å². The molecule has 0 bridgehead atoms. The number of benzene rings is 2. The summed E-state index contributed by atoms with van der Waals surface area (Å²) in [5.41, 5.74) is 1.31. The number of aromatic hydroxyl groups is 1. The van der Waals surface area contributed by atoms with Crippen molar-refractivity contribution in [3.8, 4) is 17.2 Å². The van der Waals surface area contributed by atoms with E-state index in [0.29, 0.717) is 27.2 Å². The van der Waals surface area contributed by atoms with Crippen molar-refractivity contribution in [1.29, 1.82) is 0 Å². The molecule has 3 aromatic rings. The molecular weight excluding hydrogens is 336 g/mol. The van der Waals surface area contributed by atoms with E-state index in [1.165, 1.54) is 23.6 Å². The Morgan fingerprint density at radius 2 is 1.91 bits per heavy atom. The molecule has 0 aliphatic heterocycles. The molecule has 0 unspecified atom stereocenters. The van der Waals surface area contributed by atoms with Gasteiger partial charge in [0.2, 0.25) is 5.13 Å². The van der Waals surface area contributed by atoms with Crippen molar-refractivity contribution < 1.29 is 14.6 Å². The molecule has 0 saturated carbocycles. The van der Waals surface area contributed by atoms with Crippen molar-refractivity contribution in [2.24, 2.45) is 4.99 Å². The van der Waals surface area contributed by atoms with E-state index in [1.807, 2.05) is 6.07 Å². The summed E-state index contributed by atoms with van der Waals surface area (Å²) in [6, 6.07) is 8.45. The maximum absolute atomic E-state index is 9.79. The molecule has 0 radical (unpaired) electrons. The molecule has 1 heterocycles. The number of hydrogen-bond acceptors (Lipinski definition) is 6. The minimum Gasteiger partial charge on any atom is -0.507 e. The predicted molar refractivity (Wildman–Crippen MR) is 93.1 cm³/mol. The van der Waals surface area contributed by atoms with Gasteiger partial charge in [-0.2, -0.15) is 0 Å². The number of methoxy groups -OCH3 is 2. The lowest BCUT2D eigenvalue weighted by molar-refractivity contribution is 0.356. The Morgan fingerprint density at radius 3 is 2.65 bits per heavy atom. The van der Waals surface area contributed by atoms with Gasteiger partial charge in [0.1, 0.15) is 5.75 Å². The van der Waals surface area contributed by atoms with Crippen LogP contribution in [0.4, 0.5) is 5.13 Å². The maximum Gasteiger partial charge on any atom is 0.210 e. The third-order valence-corrected chi connectivity index (χ3v) is 4.35. The fourth-order valence-electron chi connectivity index (χ4n) is 2.05. The molecular formula is C16H13ClN2O3S. The standard InChI is InChI=1S/C16H13ClN2O3S/c1-21-13-6-11-15(7-14(13)22-2)23-16(19-11)18-8-9-5-10(17)3-4-12(9)20/h3-8,20H,1-2H3/b18-8+. The Balaban J connectivity index is 1.97. The average Bonchev–Trinajstić information content (AvgIpc) is 2.95. The Bertz CT molecular complexity index is 851. The van der Waals surface area contributed by atoms with Gasteiger partial charge >= 0.3 is 0 Å². The molecule has 23 heavy (non-hydrogen) atoms. The summed E-state index contributed by atoms with van der Waals surface area (Å²) in [5, 5.41) is 10.9. The number of rotatable bonds is 4. The molecule has 2 aromatic carbocycles. The lowest BCUT2D eigenvalue weighted by Crippen LogP contribution is -1.89. The number of halogens is 1. The number of nitrogens with zero attached hydrogens (tertiary/aromatic N) is 2. The van der Waals surface area contributed by atoms with Crippen LogP contribution in [0, 0.1) is 0 Å². The quantitative estimate of drug-likeness (QED) is 0.709. The number of hydrogen-bond donors (Lipinski definition) is 1. The summed E-state index contributed by atoms with van der Waals surface area (Å²) in [6.45, 7) is 0. The molecule has 0 atom stereocenters. The number of aliphatic imine (C=N–C) groups is 1. The zero-order chi connectivity index (χ0) is 16.4. The second-order valence-electron chi connectivity index (χ2n) is 4.63. The lowest BCUT2D eigenvalue weighted by atomic mass is 10.2. The first-order valence-corrected chi connectivity index (χ1v) is 7.85. The molecule has 0 amide bonds. The molecule has 0 aliphatic carbocycles. The molecule has 5 nitrogen and oxygen atoms in total. The van der Waals surface area contributed by atoms with Crippen molar-refractivity contribution in [1.82, 2.24) is 4.98 Å². The van der Waals surface area contributed by atoms with Gasteiger partial charge in [0.25, 0.3) is 0 Å². The topological polar surface area (TPSA) is 63.9 Å². The number of aromatic nitrogens is 1. The summed E-state index contributed by atoms with van der Waals surface area (Å²) in [7, 11) is 3.17. The molecule has 0 saturated heterocycles. The van der Waals surface area contributed by atoms with Crippen molar-refractivity contribution in [2.45, 2.75) is 0 Å². The highest BCUT2D eigenvalue weighted by Crippen LogP contribution is 2.37. The van der Waals surface area contributed by atoms with Crippen LogP contribution in [0.3, 0.4) is 0 Å². The van der Waals surface area contributed by atoms with Gasteiger partial charge in [0.15, 0.2) is 11.5 Å². The van der Waals surface area contributed by atoms with Gasteiger partial charge in [-0.3, -0.25) is 0 Å². The number of thiazole rings is 1. The zero-order valence-corrected chi connectivity index (χ0v) is 14.0. The number of phenolic OH excluding ortho intramolecular Hbond substituents is 1. The van der Waals surface area contributed by atoms with Crippen molar-refractivity contribution in [3.05, 3.63) is 40.9 Å². The van der Waals surface area contributed by atoms with Crippen molar-refractivity contribution in [2.75, 3.05) is 14.2 Å². The van der Waals surface area contributed by atoms with Crippen LogP contribution in [0.2, 0.25) is 5.02 Å². The summed E-state index contributed by atoms with van der Waals surface area (Å²) in [6.07, 6.45) is 1.54. The first kappa shape index (κ1) is 15.6. The van der Waals surface area contributed by atoms with E-state index in [2.05, 4.69) is 9.98 Å². The fourth-order valence-corrected chi connectivity index (χ4v) is 3.05. The van der Waals surface area contributed by atoms with E-state index in [9.17, 15) is 5.11 Å². The Kier molecular flexibility index (Phi) is 4.36. The van der Waals surface area contributed by atoms with E-state index < -0.39 is 0 Å². The van der Waals surface area contributed by atoms with E-state index in [-0.39, 0.29) is 5.75 Å². The van der Waals surface area contributed by atoms with E-state index >= 15 is 0 Å². The molecule has 118 valence electrons. The van der Waals surface area contributed by atoms with E-state index in [1.54, 1.807) is 32.4 Å². The van der Waals surface area contributed by atoms with Crippen molar-refractivity contribution in [3.63, 3.8) is 0 Å². The average molecular weight is 349 g/mol. The third kappa shape index (κ3) is 3.23. The highest BCUT2D eigenvalue weighted by Gasteiger charge is 2.10. The highest BCUT2D eigenvalue weighted by molar-refractivity contribution is 7.22. The van der Waals surface area contributed by atoms with Crippen molar-refractivity contribution >= 4 is 44.5 Å². The molecule has 7 heteroatoms. The number of phenols is 1. The molecule has 3 rings (SSSR count). The monoisotopic (exact) mass is 348 g/mol. The second-order valence-corrected chi connectivity index (χ2v) is 6.08. The van der Waals surface area contributed by atoms with Gasteiger partial charge in [-0.05, 0) is 18.2 Å². The van der Waals surface area contributed by atoms with Gasteiger partial charge in [-0.15, -0.1) is 0 Å². The van der Waals surface area contributed by atoms with Crippen LogP contribution in [0.25, 0.3) is 10.2 Å². The van der Waals surface area contributed by atoms with Crippen LogP contribution in [0.15, 0.2) is 35.3 Å². The van der Waals surface area contributed by atoms with E-state index in [4.69, 9.17) is 21.1 Å².